The van der Waals surface area contributed by atoms with Gasteiger partial charge < -0.3 is 4.57 Å². The van der Waals surface area contributed by atoms with E-state index < -0.39 is 5.69 Å². The molecule has 0 spiro atoms. The lowest BCUT2D eigenvalue weighted by molar-refractivity contribution is 0.627. The highest BCUT2D eigenvalue weighted by atomic mass is 127. The summed E-state index contributed by atoms with van der Waals surface area (Å²) < 4.78 is 15.6. The maximum Gasteiger partial charge on any atom is 0.331 e. The Hall–Kier alpha value is -1.88. The minimum atomic E-state index is -0.413. The first-order chi connectivity index (χ1) is 9.49. The molecule has 0 unspecified atom stereocenters. The van der Waals surface area contributed by atoms with Gasteiger partial charge in [0.2, 0.25) is 0 Å². The molecule has 2 rings (SSSR count). The molecule has 6 heteroatoms. The standard InChI is InChI=1S/C14H10FIN2O2/c1-17-9-12(16)13(19)18(14(17)20)8-2-3-10-4-6-11(15)7-5-10/h4-7,9H,8H2,1H3. The minimum absolute atomic E-state index is 0.000273. The van der Waals surface area contributed by atoms with E-state index >= 15 is 0 Å². The number of benzene rings is 1. The molecule has 0 aliphatic carbocycles. The van der Waals surface area contributed by atoms with Crippen molar-refractivity contribution in [3.05, 3.63) is 66.3 Å². The Morgan fingerprint density at radius 2 is 1.90 bits per heavy atom. The first-order valence-corrected chi connectivity index (χ1v) is 6.77. The van der Waals surface area contributed by atoms with Crippen molar-refractivity contribution >= 4 is 22.6 Å². The van der Waals surface area contributed by atoms with Crippen LogP contribution >= 0.6 is 22.6 Å². The average molecular weight is 384 g/mol. The summed E-state index contributed by atoms with van der Waals surface area (Å²) >= 11 is 1.88. The van der Waals surface area contributed by atoms with E-state index in [-0.39, 0.29) is 17.9 Å². The van der Waals surface area contributed by atoms with Crippen LogP contribution in [0.25, 0.3) is 0 Å². The van der Waals surface area contributed by atoms with Crippen LogP contribution in [0.1, 0.15) is 5.56 Å². The molecule has 0 aliphatic heterocycles. The molecule has 1 aromatic carbocycles. The fourth-order valence-corrected chi connectivity index (χ4v) is 2.29. The van der Waals surface area contributed by atoms with Gasteiger partial charge in [0.1, 0.15) is 5.82 Å². The Kier molecular flexibility index (Phi) is 4.39. The molecule has 4 nitrogen and oxygen atoms in total. The maximum absolute atomic E-state index is 12.7. The van der Waals surface area contributed by atoms with E-state index in [1.807, 2.05) is 22.6 Å². The van der Waals surface area contributed by atoms with Gasteiger partial charge >= 0.3 is 5.69 Å². The van der Waals surface area contributed by atoms with Crippen LogP contribution in [-0.4, -0.2) is 9.13 Å². The highest BCUT2D eigenvalue weighted by Gasteiger charge is 2.05. The van der Waals surface area contributed by atoms with Crippen molar-refractivity contribution in [1.82, 2.24) is 9.13 Å². The SMILES string of the molecule is Cn1cc(I)c(=O)n(CC#Cc2ccc(F)cc2)c1=O. The second-order valence-electron chi connectivity index (χ2n) is 4.07. The zero-order chi connectivity index (χ0) is 14.7. The van der Waals surface area contributed by atoms with Gasteiger partial charge in [0.25, 0.3) is 5.56 Å². The molecular formula is C14H10FIN2O2. The highest BCUT2D eigenvalue weighted by molar-refractivity contribution is 14.1. The van der Waals surface area contributed by atoms with Gasteiger partial charge in [-0.05, 0) is 46.9 Å². The van der Waals surface area contributed by atoms with Crippen LogP contribution in [0.4, 0.5) is 4.39 Å². The molecule has 0 saturated carbocycles. The summed E-state index contributed by atoms with van der Waals surface area (Å²) in [5.41, 5.74) is -0.146. The summed E-state index contributed by atoms with van der Waals surface area (Å²) in [4.78, 5) is 23.7. The van der Waals surface area contributed by atoms with E-state index in [0.29, 0.717) is 9.13 Å². The Morgan fingerprint density at radius 3 is 2.55 bits per heavy atom. The predicted molar refractivity (Wildman–Crippen MR) is 81.9 cm³/mol. The second kappa shape index (κ2) is 6.05. The van der Waals surface area contributed by atoms with Crippen LogP contribution in [-0.2, 0) is 13.6 Å². The van der Waals surface area contributed by atoms with Crippen molar-refractivity contribution in [2.45, 2.75) is 6.54 Å². The van der Waals surface area contributed by atoms with Crippen molar-refractivity contribution < 1.29 is 4.39 Å². The highest BCUT2D eigenvalue weighted by Crippen LogP contribution is 2.00. The quantitative estimate of drug-likeness (QED) is 0.551. The van der Waals surface area contributed by atoms with Crippen molar-refractivity contribution in [3.63, 3.8) is 0 Å². The first-order valence-electron chi connectivity index (χ1n) is 5.69. The van der Waals surface area contributed by atoms with Gasteiger partial charge in [-0.3, -0.25) is 4.79 Å². The number of hydrogen-bond donors (Lipinski definition) is 0. The number of nitrogens with zero attached hydrogens (tertiary/aromatic N) is 2. The third kappa shape index (κ3) is 3.17. The van der Waals surface area contributed by atoms with E-state index in [1.54, 1.807) is 7.05 Å². The Bertz CT molecular complexity index is 776. The second-order valence-corrected chi connectivity index (χ2v) is 5.23. The maximum atomic E-state index is 12.7. The third-order valence-electron chi connectivity index (χ3n) is 2.60. The van der Waals surface area contributed by atoms with Crippen molar-refractivity contribution in [3.8, 4) is 11.8 Å². The smallest absolute Gasteiger partial charge is 0.302 e. The van der Waals surface area contributed by atoms with E-state index in [9.17, 15) is 14.0 Å². The molecule has 0 bridgehead atoms. The molecule has 102 valence electrons. The fraction of sp³-hybridized carbons (Fsp3) is 0.143. The van der Waals surface area contributed by atoms with Crippen molar-refractivity contribution in [2.75, 3.05) is 0 Å². The predicted octanol–water partition coefficient (Wildman–Crippen LogP) is 1.34. The molecule has 20 heavy (non-hydrogen) atoms. The zero-order valence-electron chi connectivity index (χ0n) is 10.6. The molecular weight excluding hydrogens is 374 g/mol. The lowest BCUT2D eigenvalue weighted by atomic mass is 10.2. The van der Waals surface area contributed by atoms with E-state index in [0.717, 1.165) is 4.57 Å². The monoisotopic (exact) mass is 384 g/mol. The Labute approximate surface area is 128 Å². The molecule has 0 saturated heterocycles. The van der Waals surface area contributed by atoms with Crippen LogP contribution in [0.2, 0.25) is 0 Å². The fourth-order valence-electron chi connectivity index (χ4n) is 1.58. The van der Waals surface area contributed by atoms with Gasteiger partial charge in [0.05, 0.1) is 10.1 Å². The van der Waals surface area contributed by atoms with E-state index in [1.165, 1.54) is 35.0 Å². The number of rotatable bonds is 1. The van der Waals surface area contributed by atoms with Gasteiger partial charge in [0, 0.05) is 18.8 Å². The van der Waals surface area contributed by atoms with Crippen LogP contribution < -0.4 is 11.2 Å². The van der Waals surface area contributed by atoms with Gasteiger partial charge in [-0.25, -0.2) is 13.8 Å². The summed E-state index contributed by atoms with van der Waals surface area (Å²) in [6, 6.07) is 5.69. The molecule has 1 aromatic heterocycles. The van der Waals surface area contributed by atoms with Crippen LogP contribution in [0.5, 0.6) is 0 Å². The molecule has 2 aromatic rings. The summed E-state index contributed by atoms with van der Waals surface area (Å²) in [7, 11) is 1.58. The molecule has 0 atom stereocenters. The topological polar surface area (TPSA) is 44.0 Å². The zero-order valence-corrected chi connectivity index (χ0v) is 12.7. The molecule has 0 radical (unpaired) electrons. The summed E-state index contributed by atoms with van der Waals surface area (Å²) in [5.74, 6) is 5.20. The normalized spacial score (nSPS) is 9.95. The molecule has 0 N–H and O–H groups in total. The molecule has 0 fully saturated rings. The Morgan fingerprint density at radius 1 is 1.25 bits per heavy atom. The van der Waals surface area contributed by atoms with Gasteiger partial charge in [0.15, 0.2) is 0 Å². The number of hydrogen-bond acceptors (Lipinski definition) is 2. The van der Waals surface area contributed by atoms with E-state index in [2.05, 4.69) is 11.8 Å². The summed E-state index contributed by atoms with van der Waals surface area (Å²) in [6.45, 7) is -0.000273. The minimum Gasteiger partial charge on any atom is -0.302 e. The summed E-state index contributed by atoms with van der Waals surface area (Å²) in [6.07, 6.45) is 1.48. The van der Waals surface area contributed by atoms with Gasteiger partial charge in [-0.15, -0.1) is 0 Å². The third-order valence-corrected chi connectivity index (χ3v) is 3.34. The molecule has 1 heterocycles. The lowest BCUT2D eigenvalue weighted by Gasteiger charge is -2.03. The van der Waals surface area contributed by atoms with Gasteiger partial charge in [-0.1, -0.05) is 11.8 Å². The number of aryl methyl sites for hydroxylation is 1. The van der Waals surface area contributed by atoms with Crippen molar-refractivity contribution in [1.29, 1.82) is 0 Å². The Balaban J connectivity index is 2.31. The van der Waals surface area contributed by atoms with E-state index in [4.69, 9.17) is 0 Å². The number of aromatic nitrogens is 2. The average Bonchev–Trinajstić information content (AvgIpc) is 2.42. The number of halogens is 2. The van der Waals surface area contributed by atoms with Crippen LogP contribution in [0.3, 0.4) is 0 Å². The first kappa shape index (κ1) is 14.5. The van der Waals surface area contributed by atoms with Crippen LogP contribution in [0, 0.1) is 21.2 Å². The summed E-state index contributed by atoms with van der Waals surface area (Å²) in [5, 5.41) is 0. The molecule has 0 aliphatic rings. The largest absolute Gasteiger partial charge is 0.331 e. The van der Waals surface area contributed by atoms with Crippen molar-refractivity contribution in [2.24, 2.45) is 7.05 Å². The molecule has 0 amide bonds. The lowest BCUT2D eigenvalue weighted by Crippen LogP contribution is -2.39. The van der Waals surface area contributed by atoms with Gasteiger partial charge in [-0.2, -0.15) is 0 Å². The van der Waals surface area contributed by atoms with Crippen LogP contribution in [0.15, 0.2) is 40.1 Å².